The van der Waals surface area contributed by atoms with Gasteiger partial charge in [0.1, 0.15) is 0 Å². The van der Waals surface area contributed by atoms with E-state index >= 15 is 0 Å². The lowest BCUT2D eigenvalue weighted by Crippen LogP contribution is -2.32. The smallest absolute Gasteiger partial charge is 0.321 e. The molecule has 0 unspecified atom stereocenters. The van der Waals surface area contributed by atoms with E-state index in [0.717, 1.165) is 0 Å². The van der Waals surface area contributed by atoms with E-state index in [2.05, 4.69) is 4.30 Å². The Morgan fingerprint density at radius 3 is 2.00 bits per heavy atom. The van der Waals surface area contributed by atoms with Crippen molar-refractivity contribution in [3.63, 3.8) is 0 Å². The normalized spacial score (nSPS) is 22.0. The molecule has 0 saturated carbocycles. The van der Waals surface area contributed by atoms with Crippen molar-refractivity contribution < 1.29 is 0 Å². The van der Waals surface area contributed by atoms with E-state index in [1.54, 1.807) is 0 Å². The lowest BCUT2D eigenvalue weighted by Gasteiger charge is -2.07. The molecule has 0 aromatic heterocycles. The topological polar surface area (TPSA) is 12.0 Å². The molecule has 1 rings (SSSR count). The van der Waals surface area contributed by atoms with Gasteiger partial charge in [0.15, 0.2) is 0 Å². The summed E-state index contributed by atoms with van der Waals surface area (Å²) in [5.74, 6) is 0. The fourth-order valence-corrected chi connectivity index (χ4v) is 0.433. The molecule has 1 aliphatic rings. The first-order valence-corrected chi connectivity index (χ1v) is 2.94. The highest BCUT2D eigenvalue weighted by Crippen LogP contribution is 1.79. The fraction of sp³-hybridized carbons (Fsp3) is 1.00. The highest BCUT2D eigenvalue weighted by Gasteiger charge is 1.98. The molecular formula is C2H5AlN. The standard InChI is InChI=1S/C2H5N.Al/c1-2-3;/h3H,1-2H2;/q-1;+1. The number of hydrogen-bond acceptors (Lipinski definition) is 1. The van der Waals surface area contributed by atoms with Crippen molar-refractivity contribution in [2.75, 3.05) is 6.54 Å². The molecule has 0 atom stereocenters. The van der Waals surface area contributed by atoms with Crippen LogP contribution in [0.25, 0.3) is 0 Å². The second-order valence-corrected chi connectivity index (χ2v) is 2.34. The lowest BCUT2D eigenvalue weighted by atomic mass is 10.8. The Morgan fingerprint density at radius 1 is 1.75 bits per heavy atom. The van der Waals surface area contributed by atoms with Gasteiger partial charge < -0.3 is 4.30 Å². The zero-order valence-corrected chi connectivity index (χ0v) is 3.65. The van der Waals surface area contributed by atoms with Crippen LogP contribution in [0.2, 0.25) is 5.28 Å². The zero-order chi connectivity index (χ0) is 2.83. The molecule has 0 aliphatic carbocycles. The number of nitrogens with one attached hydrogen (secondary N) is 1. The second-order valence-electron chi connectivity index (χ2n) is 0.947. The molecule has 0 aromatic carbocycles. The van der Waals surface area contributed by atoms with Gasteiger partial charge in [-0.15, -0.1) is 0 Å². The van der Waals surface area contributed by atoms with Crippen LogP contribution < -0.4 is 4.30 Å². The van der Waals surface area contributed by atoms with Gasteiger partial charge in [0.05, 0.1) is 0 Å². The largest absolute Gasteiger partial charge is 0.407 e. The second kappa shape index (κ2) is 1.08. The molecule has 1 fully saturated rings. The molecule has 4 heavy (non-hydrogen) atoms. The first-order valence-electron chi connectivity index (χ1n) is 1.55. The number of rotatable bonds is 0. The summed E-state index contributed by atoms with van der Waals surface area (Å²) in [6.45, 7) is 1.29. The average Bonchev–Trinajstić information content (AvgIpc) is 0.722. The predicted octanol–water partition coefficient (Wildman–Crippen LogP) is -0.373. The lowest BCUT2D eigenvalue weighted by molar-refractivity contribution is 0.899. The molecule has 1 heterocycles. The van der Waals surface area contributed by atoms with Gasteiger partial charge in [-0.1, -0.05) is 5.28 Å². The molecule has 1 saturated heterocycles. The monoisotopic (exact) mass is 70.0 g/mol. The minimum atomic E-state index is 0.713. The van der Waals surface area contributed by atoms with E-state index in [1.807, 2.05) is 0 Å². The van der Waals surface area contributed by atoms with Crippen molar-refractivity contribution in [1.29, 1.82) is 0 Å². The van der Waals surface area contributed by atoms with Gasteiger partial charge in [-0.05, 0) is 6.54 Å². The molecule has 1 N–H and O–H groups in total. The van der Waals surface area contributed by atoms with Crippen molar-refractivity contribution in [1.82, 2.24) is 4.30 Å². The minimum Gasteiger partial charge on any atom is -0.407 e. The minimum absolute atomic E-state index is 0.713. The zero-order valence-electron chi connectivity index (χ0n) is 2.49. The molecule has 1 radical (unpaired) electrons. The molecule has 2 heteroatoms. The van der Waals surface area contributed by atoms with Gasteiger partial charge in [-0.3, -0.25) is 0 Å². The van der Waals surface area contributed by atoms with Crippen molar-refractivity contribution in [2.24, 2.45) is 0 Å². The third-order valence-corrected chi connectivity index (χ3v) is 1.73. The quantitative estimate of drug-likeness (QED) is 0.383. The summed E-state index contributed by atoms with van der Waals surface area (Å²) in [4.78, 5) is 0. The van der Waals surface area contributed by atoms with E-state index in [-0.39, 0.29) is 0 Å². The molecule has 21 valence electrons. The summed E-state index contributed by atoms with van der Waals surface area (Å²) >= 11 is 0.713. The maximum Gasteiger partial charge on any atom is 0.321 e. The van der Waals surface area contributed by atoms with Gasteiger partial charge in [0.2, 0.25) is 0 Å². The first kappa shape index (κ1) is 2.72. The van der Waals surface area contributed by atoms with Crippen LogP contribution in [0, 0.1) is 0 Å². The Bertz CT molecular complexity index is 14.0. The Hall–Kier alpha value is 0.492. The third kappa shape index (κ3) is 0.275. The fourth-order valence-electron chi connectivity index (χ4n) is 0.144. The highest BCUT2D eigenvalue weighted by molar-refractivity contribution is 6.35. The molecule has 0 aromatic rings. The maximum absolute atomic E-state index is 3.19. The van der Waals surface area contributed by atoms with Crippen molar-refractivity contribution in [2.45, 2.75) is 5.28 Å². The molecule has 0 amide bonds. The van der Waals surface area contributed by atoms with Crippen molar-refractivity contribution in [3.05, 3.63) is 0 Å². The summed E-state index contributed by atoms with van der Waals surface area (Å²) in [5.41, 5.74) is 0. The van der Waals surface area contributed by atoms with Crippen LogP contribution in [-0.2, 0) is 0 Å². The van der Waals surface area contributed by atoms with Crippen molar-refractivity contribution in [3.8, 4) is 0 Å². The average molecular weight is 70.1 g/mol. The van der Waals surface area contributed by atoms with Crippen LogP contribution in [0.5, 0.6) is 0 Å². The van der Waals surface area contributed by atoms with E-state index < -0.39 is 0 Å². The van der Waals surface area contributed by atoms with Crippen LogP contribution in [0.15, 0.2) is 0 Å². The van der Waals surface area contributed by atoms with Crippen LogP contribution in [0.4, 0.5) is 0 Å². The molecular weight excluding hydrogens is 65.0 g/mol. The van der Waals surface area contributed by atoms with Crippen LogP contribution in [0.3, 0.4) is 0 Å². The van der Waals surface area contributed by atoms with Crippen LogP contribution in [0.1, 0.15) is 0 Å². The van der Waals surface area contributed by atoms with E-state index in [4.69, 9.17) is 0 Å². The molecule has 0 bridgehead atoms. The Labute approximate surface area is 32.3 Å². The molecule has 1 aliphatic heterocycles. The van der Waals surface area contributed by atoms with E-state index in [0.29, 0.717) is 15.4 Å². The Balaban J connectivity index is 2.00. The van der Waals surface area contributed by atoms with Crippen LogP contribution >= 0.6 is 0 Å². The first-order chi connectivity index (χ1) is 2.00. The van der Waals surface area contributed by atoms with E-state index in [9.17, 15) is 0 Å². The third-order valence-electron chi connectivity index (χ3n) is 0.577. The predicted molar refractivity (Wildman–Crippen MR) is 18.6 cm³/mol. The van der Waals surface area contributed by atoms with Crippen LogP contribution in [-0.4, -0.2) is 22.0 Å². The molecule has 1 nitrogen and oxygen atoms in total. The summed E-state index contributed by atoms with van der Waals surface area (Å²) < 4.78 is 3.19. The summed E-state index contributed by atoms with van der Waals surface area (Å²) in [6, 6.07) is 0. The number of hydrogen-bond donors (Lipinski definition) is 1. The Morgan fingerprint density at radius 2 is 2.00 bits per heavy atom. The van der Waals surface area contributed by atoms with Crippen molar-refractivity contribution >= 4 is 15.4 Å². The molecule has 0 spiro atoms. The van der Waals surface area contributed by atoms with E-state index in [1.165, 1.54) is 11.8 Å². The van der Waals surface area contributed by atoms with Gasteiger partial charge in [-0.25, -0.2) is 0 Å². The van der Waals surface area contributed by atoms with Gasteiger partial charge in [0, 0.05) is 0 Å². The summed E-state index contributed by atoms with van der Waals surface area (Å²) in [5, 5.41) is 1.47. The summed E-state index contributed by atoms with van der Waals surface area (Å²) in [6.07, 6.45) is 0. The summed E-state index contributed by atoms with van der Waals surface area (Å²) in [7, 11) is 0. The van der Waals surface area contributed by atoms with Gasteiger partial charge >= 0.3 is 15.4 Å². The SMILES string of the molecule is C1[CH2][Al][NH]1. The van der Waals surface area contributed by atoms with Gasteiger partial charge in [-0.2, -0.15) is 0 Å². The van der Waals surface area contributed by atoms with Gasteiger partial charge in [0.25, 0.3) is 0 Å². The maximum atomic E-state index is 3.19. The highest BCUT2D eigenvalue weighted by atomic mass is 27.1. The Kier molecular flexibility index (Phi) is 0.730.